The second-order valence-electron chi connectivity index (χ2n) is 6.17. The molecule has 2 aromatic carbocycles. The zero-order chi connectivity index (χ0) is 20.7. The van der Waals surface area contributed by atoms with E-state index in [0.717, 1.165) is 16.2 Å². The Hall–Kier alpha value is -2.49. The van der Waals surface area contributed by atoms with E-state index >= 15 is 0 Å². The van der Waals surface area contributed by atoms with Crippen LogP contribution in [0.2, 0.25) is 0 Å². The molecule has 0 spiro atoms. The summed E-state index contributed by atoms with van der Waals surface area (Å²) in [6, 6.07) is 14.2. The number of fused-ring (bicyclic) bond motifs is 1. The summed E-state index contributed by atoms with van der Waals surface area (Å²) in [5.41, 5.74) is 2.03. The van der Waals surface area contributed by atoms with Crippen molar-refractivity contribution in [2.75, 3.05) is 23.5 Å². The molecule has 0 unspecified atom stereocenters. The van der Waals surface area contributed by atoms with Crippen LogP contribution in [-0.2, 0) is 19.1 Å². The van der Waals surface area contributed by atoms with Crippen molar-refractivity contribution in [3.8, 4) is 0 Å². The van der Waals surface area contributed by atoms with Crippen molar-refractivity contribution in [3.63, 3.8) is 0 Å². The molecule has 29 heavy (non-hydrogen) atoms. The number of methoxy groups -OCH3 is 1. The number of ether oxygens (including phenoxy) is 1. The number of anilines is 2. The van der Waals surface area contributed by atoms with Gasteiger partial charge in [-0.25, -0.2) is 0 Å². The standard InChI is InChI=1S/C20H13BrN2O4S2/c1-27-15(24)10-22-14-5-3-2-4-13(14)16(18(22)25)17-19(26)23(20(28)29-17)12-8-6-11(21)7-9-12/h2-9H,10H2,1H3. The minimum absolute atomic E-state index is 0.233. The van der Waals surface area contributed by atoms with Gasteiger partial charge >= 0.3 is 5.97 Å². The van der Waals surface area contributed by atoms with Crippen LogP contribution in [0.15, 0.2) is 57.9 Å². The van der Waals surface area contributed by atoms with Crippen molar-refractivity contribution in [1.82, 2.24) is 0 Å². The first kappa shape index (κ1) is 19.8. The number of amides is 2. The Morgan fingerprint density at radius 1 is 1.10 bits per heavy atom. The molecule has 2 aliphatic heterocycles. The molecule has 2 aromatic rings. The zero-order valence-corrected chi connectivity index (χ0v) is 18.3. The van der Waals surface area contributed by atoms with Crippen LogP contribution in [0.3, 0.4) is 0 Å². The number of carbonyl (C=O) groups excluding carboxylic acids is 3. The Kier molecular flexibility index (Phi) is 5.28. The topological polar surface area (TPSA) is 66.9 Å². The van der Waals surface area contributed by atoms with E-state index in [2.05, 4.69) is 15.9 Å². The fraction of sp³-hybridized carbons (Fsp3) is 0.100. The zero-order valence-electron chi connectivity index (χ0n) is 15.0. The molecule has 4 rings (SSSR count). The third kappa shape index (κ3) is 3.39. The molecule has 1 saturated heterocycles. The van der Waals surface area contributed by atoms with Gasteiger partial charge in [0.05, 0.1) is 29.0 Å². The Labute approximate surface area is 184 Å². The highest BCUT2D eigenvalue weighted by atomic mass is 79.9. The molecule has 6 nitrogen and oxygen atoms in total. The molecule has 0 aromatic heterocycles. The third-order valence-electron chi connectivity index (χ3n) is 4.52. The number of rotatable bonds is 3. The van der Waals surface area contributed by atoms with Gasteiger partial charge in [0.25, 0.3) is 11.8 Å². The highest BCUT2D eigenvalue weighted by Crippen LogP contribution is 2.45. The maximum atomic E-state index is 13.2. The lowest BCUT2D eigenvalue weighted by molar-refractivity contribution is -0.139. The molecule has 2 aliphatic rings. The average molecular weight is 489 g/mol. The first-order valence-electron chi connectivity index (χ1n) is 8.46. The van der Waals surface area contributed by atoms with Crippen LogP contribution in [0.25, 0.3) is 5.57 Å². The molecule has 9 heteroatoms. The lowest BCUT2D eigenvalue weighted by Crippen LogP contribution is -2.33. The number of halogens is 1. The van der Waals surface area contributed by atoms with Gasteiger partial charge in [0.1, 0.15) is 6.54 Å². The molecular formula is C20H13BrN2O4S2. The van der Waals surface area contributed by atoms with Gasteiger partial charge in [0.2, 0.25) is 0 Å². The van der Waals surface area contributed by atoms with E-state index in [1.165, 1.54) is 16.9 Å². The van der Waals surface area contributed by atoms with E-state index in [1.54, 1.807) is 36.4 Å². The number of hydrogen-bond acceptors (Lipinski definition) is 6. The molecule has 2 heterocycles. The minimum atomic E-state index is -0.545. The maximum absolute atomic E-state index is 13.2. The molecule has 0 aliphatic carbocycles. The lowest BCUT2D eigenvalue weighted by Gasteiger charge is -2.15. The second kappa shape index (κ2) is 7.74. The van der Waals surface area contributed by atoms with Crippen LogP contribution in [0.4, 0.5) is 11.4 Å². The predicted molar refractivity (Wildman–Crippen MR) is 120 cm³/mol. The SMILES string of the molecule is COC(=O)CN1C(=O)C(=C2SC(=S)N(c3ccc(Br)cc3)C2=O)c2ccccc21. The van der Waals surface area contributed by atoms with Gasteiger partial charge in [-0.2, -0.15) is 0 Å². The molecule has 2 amide bonds. The van der Waals surface area contributed by atoms with Crippen LogP contribution in [0.5, 0.6) is 0 Å². The Morgan fingerprint density at radius 2 is 1.79 bits per heavy atom. The highest BCUT2D eigenvalue weighted by Gasteiger charge is 2.42. The van der Waals surface area contributed by atoms with Crippen molar-refractivity contribution in [2.45, 2.75) is 0 Å². The van der Waals surface area contributed by atoms with E-state index in [9.17, 15) is 14.4 Å². The molecule has 146 valence electrons. The number of para-hydroxylation sites is 1. The normalized spacial score (nSPS) is 18.5. The van der Waals surface area contributed by atoms with Gasteiger partial charge in [-0.05, 0) is 30.3 Å². The molecule has 0 saturated carbocycles. The second-order valence-corrected chi connectivity index (χ2v) is 8.73. The van der Waals surface area contributed by atoms with E-state index in [-0.39, 0.29) is 22.9 Å². The van der Waals surface area contributed by atoms with Gasteiger partial charge in [0.15, 0.2) is 4.32 Å². The monoisotopic (exact) mass is 488 g/mol. The van der Waals surface area contributed by atoms with E-state index < -0.39 is 11.9 Å². The van der Waals surface area contributed by atoms with E-state index in [0.29, 0.717) is 21.3 Å². The van der Waals surface area contributed by atoms with Crippen LogP contribution >= 0.6 is 39.9 Å². The number of thioether (sulfide) groups is 1. The summed E-state index contributed by atoms with van der Waals surface area (Å²) in [7, 11) is 1.26. The van der Waals surface area contributed by atoms with Gasteiger partial charge in [-0.1, -0.05) is 58.1 Å². The van der Waals surface area contributed by atoms with Crippen LogP contribution in [0.1, 0.15) is 5.56 Å². The number of esters is 1. The van der Waals surface area contributed by atoms with Crippen LogP contribution < -0.4 is 9.80 Å². The average Bonchev–Trinajstić information content (AvgIpc) is 3.15. The number of nitrogens with zero attached hydrogens (tertiary/aromatic N) is 2. The Bertz CT molecular complexity index is 1100. The largest absolute Gasteiger partial charge is 0.468 e. The molecule has 0 radical (unpaired) electrons. The van der Waals surface area contributed by atoms with Gasteiger partial charge in [0, 0.05) is 10.0 Å². The lowest BCUT2D eigenvalue weighted by atomic mass is 10.1. The van der Waals surface area contributed by atoms with Crippen molar-refractivity contribution < 1.29 is 19.1 Å². The first-order valence-corrected chi connectivity index (χ1v) is 10.5. The number of thiocarbonyl (C=S) groups is 1. The third-order valence-corrected chi connectivity index (χ3v) is 6.42. The van der Waals surface area contributed by atoms with Gasteiger partial charge in [-0.15, -0.1) is 0 Å². The van der Waals surface area contributed by atoms with Crippen molar-refractivity contribution >= 4 is 79.0 Å². The molecule has 1 fully saturated rings. The maximum Gasteiger partial charge on any atom is 0.325 e. The Balaban J connectivity index is 1.79. The fourth-order valence-electron chi connectivity index (χ4n) is 3.18. The molecule has 0 atom stereocenters. The number of carbonyl (C=O) groups is 3. The number of benzene rings is 2. The summed E-state index contributed by atoms with van der Waals surface area (Å²) < 4.78 is 5.93. The Morgan fingerprint density at radius 3 is 2.48 bits per heavy atom. The molecular weight excluding hydrogens is 476 g/mol. The van der Waals surface area contributed by atoms with Crippen LogP contribution in [0, 0.1) is 0 Å². The van der Waals surface area contributed by atoms with E-state index in [4.69, 9.17) is 17.0 Å². The summed E-state index contributed by atoms with van der Waals surface area (Å²) in [4.78, 5) is 41.2. The predicted octanol–water partition coefficient (Wildman–Crippen LogP) is 3.74. The number of hydrogen-bond donors (Lipinski definition) is 0. The summed E-state index contributed by atoms with van der Waals surface area (Å²) in [6.45, 7) is -0.233. The first-order chi connectivity index (χ1) is 13.9. The highest BCUT2D eigenvalue weighted by molar-refractivity contribution is 9.10. The summed E-state index contributed by atoms with van der Waals surface area (Å²) in [5, 5.41) is 0. The van der Waals surface area contributed by atoms with Gasteiger partial charge in [-0.3, -0.25) is 24.2 Å². The summed E-state index contributed by atoms with van der Waals surface area (Å²) in [5.74, 6) is -1.33. The van der Waals surface area contributed by atoms with Gasteiger partial charge < -0.3 is 4.74 Å². The molecule has 0 bridgehead atoms. The quantitative estimate of drug-likeness (QED) is 0.372. The van der Waals surface area contributed by atoms with Crippen molar-refractivity contribution in [1.29, 1.82) is 0 Å². The van der Waals surface area contributed by atoms with Crippen molar-refractivity contribution in [2.24, 2.45) is 0 Å². The smallest absolute Gasteiger partial charge is 0.325 e. The summed E-state index contributed by atoms with van der Waals surface area (Å²) in [6.07, 6.45) is 0. The van der Waals surface area contributed by atoms with E-state index in [1.807, 2.05) is 12.1 Å². The van der Waals surface area contributed by atoms with Crippen LogP contribution in [-0.4, -0.2) is 35.8 Å². The fourth-order valence-corrected chi connectivity index (χ4v) is 4.82. The summed E-state index contributed by atoms with van der Waals surface area (Å²) >= 11 is 9.88. The minimum Gasteiger partial charge on any atom is -0.468 e. The van der Waals surface area contributed by atoms with Crippen molar-refractivity contribution in [3.05, 3.63) is 63.5 Å². The molecule has 0 N–H and O–H groups in total.